The Hall–Kier alpha value is -2.30. The van der Waals surface area contributed by atoms with Gasteiger partial charge in [-0.25, -0.2) is 9.97 Å². The first-order valence-electron chi connectivity index (χ1n) is 5.54. The van der Waals surface area contributed by atoms with Gasteiger partial charge in [0, 0.05) is 17.3 Å². The van der Waals surface area contributed by atoms with Crippen molar-refractivity contribution in [2.75, 3.05) is 17.6 Å². The van der Waals surface area contributed by atoms with Crippen LogP contribution in [0.5, 0.6) is 0 Å². The molecule has 0 saturated carbocycles. The Morgan fingerprint density at radius 2 is 2.12 bits per heavy atom. The second kappa shape index (κ2) is 3.62. The molecule has 0 aromatic carbocycles. The molecule has 0 saturated heterocycles. The number of hydrogen-bond donors (Lipinski definition) is 3. The average molecular weight is 227 g/mol. The predicted octanol–water partition coefficient (Wildman–Crippen LogP) is 2.13. The molecule has 0 aliphatic rings. The highest BCUT2D eigenvalue weighted by molar-refractivity contribution is 6.07. The standard InChI is InChI=1S/C12H13N5/c1-2-14-7-3-9-8-4-11(13)15-6-10(8)17-12(9)16-5-7/h3-6,14H,2H2,1H3,(H2,13,15)(H,16,17). The monoisotopic (exact) mass is 227 g/mol. The van der Waals surface area contributed by atoms with Crippen LogP contribution in [-0.2, 0) is 0 Å². The summed E-state index contributed by atoms with van der Waals surface area (Å²) in [7, 11) is 0. The Morgan fingerprint density at radius 3 is 2.94 bits per heavy atom. The lowest BCUT2D eigenvalue weighted by molar-refractivity contribution is 1.20. The molecule has 0 aliphatic carbocycles. The summed E-state index contributed by atoms with van der Waals surface area (Å²) >= 11 is 0. The van der Waals surface area contributed by atoms with Crippen LogP contribution in [0.25, 0.3) is 21.9 Å². The molecule has 3 aromatic rings. The van der Waals surface area contributed by atoms with E-state index < -0.39 is 0 Å². The number of nitrogens with two attached hydrogens (primary N) is 1. The smallest absolute Gasteiger partial charge is 0.138 e. The van der Waals surface area contributed by atoms with Gasteiger partial charge in [-0.1, -0.05) is 0 Å². The number of H-pyrrole nitrogens is 1. The van der Waals surface area contributed by atoms with Crippen LogP contribution in [0.2, 0.25) is 0 Å². The maximum Gasteiger partial charge on any atom is 0.138 e. The molecule has 3 heterocycles. The predicted molar refractivity (Wildman–Crippen MR) is 70.0 cm³/mol. The maximum atomic E-state index is 5.71. The number of rotatable bonds is 2. The van der Waals surface area contributed by atoms with Crippen molar-refractivity contribution in [1.29, 1.82) is 0 Å². The normalized spacial score (nSPS) is 11.1. The van der Waals surface area contributed by atoms with Crippen molar-refractivity contribution < 1.29 is 0 Å². The van der Waals surface area contributed by atoms with Crippen molar-refractivity contribution >= 4 is 33.4 Å². The second-order valence-electron chi connectivity index (χ2n) is 3.93. The van der Waals surface area contributed by atoms with Crippen molar-refractivity contribution in [3.8, 4) is 0 Å². The van der Waals surface area contributed by atoms with Crippen molar-refractivity contribution in [3.05, 3.63) is 24.5 Å². The van der Waals surface area contributed by atoms with Gasteiger partial charge in [-0.05, 0) is 19.1 Å². The van der Waals surface area contributed by atoms with E-state index >= 15 is 0 Å². The van der Waals surface area contributed by atoms with Gasteiger partial charge in [-0.3, -0.25) is 0 Å². The molecule has 3 aromatic heterocycles. The topological polar surface area (TPSA) is 79.6 Å². The Kier molecular flexibility index (Phi) is 2.11. The fourth-order valence-corrected chi connectivity index (χ4v) is 1.99. The van der Waals surface area contributed by atoms with E-state index in [-0.39, 0.29) is 0 Å². The fourth-order valence-electron chi connectivity index (χ4n) is 1.99. The van der Waals surface area contributed by atoms with Gasteiger partial charge in [0.25, 0.3) is 0 Å². The molecule has 0 bridgehead atoms. The van der Waals surface area contributed by atoms with Gasteiger partial charge in [-0.2, -0.15) is 0 Å². The highest BCUT2D eigenvalue weighted by Crippen LogP contribution is 2.26. The van der Waals surface area contributed by atoms with Crippen LogP contribution in [0.15, 0.2) is 24.5 Å². The van der Waals surface area contributed by atoms with Crippen LogP contribution >= 0.6 is 0 Å². The Bertz CT molecular complexity index is 686. The lowest BCUT2D eigenvalue weighted by atomic mass is 10.2. The third kappa shape index (κ3) is 1.56. The van der Waals surface area contributed by atoms with Crippen LogP contribution < -0.4 is 11.1 Å². The Balaban J connectivity index is 2.31. The molecule has 4 N–H and O–H groups in total. The van der Waals surface area contributed by atoms with E-state index in [0.717, 1.165) is 34.2 Å². The molecule has 0 aliphatic heterocycles. The third-order valence-corrected chi connectivity index (χ3v) is 2.74. The summed E-state index contributed by atoms with van der Waals surface area (Å²) in [6.07, 6.45) is 3.55. The number of nitrogen functional groups attached to an aromatic ring is 1. The molecule has 0 radical (unpaired) electrons. The molecule has 0 unspecified atom stereocenters. The molecule has 5 nitrogen and oxygen atoms in total. The summed E-state index contributed by atoms with van der Waals surface area (Å²) in [5, 5.41) is 5.36. The second-order valence-corrected chi connectivity index (χ2v) is 3.93. The lowest BCUT2D eigenvalue weighted by Gasteiger charge is -2.01. The van der Waals surface area contributed by atoms with E-state index in [4.69, 9.17) is 5.73 Å². The first kappa shape index (κ1) is 9.89. The summed E-state index contributed by atoms with van der Waals surface area (Å²) in [5.41, 5.74) is 8.53. The quantitative estimate of drug-likeness (QED) is 0.626. The molecular formula is C12H13N5. The average Bonchev–Trinajstić information content (AvgIpc) is 2.67. The summed E-state index contributed by atoms with van der Waals surface area (Å²) < 4.78 is 0. The summed E-state index contributed by atoms with van der Waals surface area (Å²) in [4.78, 5) is 11.7. The Labute approximate surface area is 98.1 Å². The lowest BCUT2D eigenvalue weighted by Crippen LogP contribution is -1.96. The number of pyridine rings is 2. The SMILES string of the molecule is CCNc1cnc2[nH]c3cnc(N)cc3c2c1. The van der Waals surface area contributed by atoms with E-state index in [1.54, 1.807) is 6.20 Å². The van der Waals surface area contributed by atoms with Crippen LogP contribution in [0, 0.1) is 0 Å². The minimum atomic E-state index is 0.521. The zero-order valence-corrected chi connectivity index (χ0v) is 9.49. The van der Waals surface area contributed by atoms with Crippen molar-refractivity contribution in [1.82, 2.24) is 15.0 Å². The number of hydrogen-bond acceptors (Lipinski definition) is 4. The number of aromatic nitrogens is 3. The number of nitrogens with zero attached hydrogens (tertiary/aromatic N) is 2. The molecule has 0 fully saturated rings. The first-order chi connectivity index (χ1) is 8.28. The largest absolute Gasteiger partial charge is 0.384 e. The van der Waals surface area contributed by atoms with Gasteiger partial charge in [-0.15, -0.1) is 0 Å². The van der Waals surface area contributed by atoms with Gasteiger partial charge in [0.1, 0.15) is 11.5 Å². The van der Waals surface area contributed by atoms with Gasteiger partial charge in [0.2, 0.25) is 0 Å². The minimum Gasteiger partial charge on any atom is -0.384 e. The van der Waals surface area contributed by atoms with Crippen molar-refractivity contribution in [3.63, 3.8) is 0 Å². The van der Waals surface area contributed by atoms with E-state index in [0.29, 0.717) is 5.82 Å². The number of aromatic amines is 1. The summed E-state index contributed by atoms with van der Waals surface area (Å²) in [5.74, 6) is 0.521. The van der Waals surface area contributed by atoms with E-state index in [1.807, 2.05) is 12.3 Å². The highest BCUT2D eigenvalue weighted by Gasteiger charge is 2.06. The van der Waals surface area contributed by atoms with Crippen LogP contribution in [-0.4, -0.2) is 21.5 Å². The van der Waals surface area contributed by atoms with Crippen molar-refractivity contribution in [2.45, 2.75) is 6.92 Å². The van der Waals surface area contributed by atoms with E-state index in [9.17, 15) is 0 Å². The number of anilines is 2. The van der Waals surface area contributed by atoms with Crippen LogP contribution in [0.4, 0.5) is 11.5 Å². The van der Waals surface area contributed by atoms with Gasteiger partial charge < -0.3 is 16.0 Å². The fraction of sp³-hybridized carbons (Fsp3) is 0.167. The van der Waals surface area contributed by atoms with Crippen LogP contribution in [0.1, 0.15) is 6.92 Å². The van der Waals surface area contributed by atoms with Gasteiger partial charge in [0.15, 0.2) is 0 Å². The van der Waals surface area contributed by atoms with E-state index in [2.05, 4.69) is 33.3 Å². The number of nitrogens with one attached hydrogen (secondary N) is 2. The molecule has 86 valence electrons. The summed E-state index contributed by atoms with van der Waals surface area (Å²) in [6.45, 7) is 2.93. The van der Waals surface area contributed by atoms with Gasteiger partial charge in [0.05, 0.1) is 23.6 Å². The molecular weight excluding hydrogens is 214 g/mol. The zero-order valence-electron chi connectivity index (χ0n) is 9.49. The maximum absolute atomic E-state index is 5.71. The van der Waals surface area contributed by atoms with Gasteiger partial charge >= 0.3 is 0 Å². The first-order valence-corrected chi connectivity index (χ1v) is 5.54. The van der Waals surface area contributed by atoms with E-state index in [1.165, 1.54) is 0 Å². The molecule has 0 spiro atoms. The summed E-state index contributed by atoms with van der Waals surface area (Å²) in [6, 6.07) is 3.94. The molecule has 0 amide bonds. The van der Waals surface area contributed by atoms with Crippen molar-refractivity contribution in [2.24, 2.45) is 0 Å². The third-order valence-electron chi connectivity index (χ3n) is 2.74. The molecule has 0 atom stereocenters. The molecule has 5 heteroatoms. The molecule has 3 rings (SSSR count). The highest BCUT2D eigenvalue weighted by atomic mass is 14.9. The van der Waals surface area contributed by atoms with Crippen LogP contribution in [0.3, 0.4) is 0 Å². The zero-order chi connectivity index (χ0) is 11.8. The Morgan fingerprint density at radius 1 is 1.24 bits per heavy atom. The minimum absolute atomic E-state index is 0.521. The number of fused-ring (bicyclic) bond motifs is 3. The molecule has 17 heavy (non-hydrogen) atoms.